The molecule has 0 unspecified atom stereocenters. The van der Waals surface area contributed by atoms with Crippen molar-refractivity contribution in [1.82, 2.24) is 0 Å². The van der Waals surface area contributed by atoms with Crippen molar-refractivity contribution in [2.24, 2.45) is 0 Å². The first-order valence-corrected chi connectivity index (χ1v) is 10.5. The van der Waals surface area contributed by atoms with Gasteiger partial charge in [0, 0.05) is 21.2 Å². The van der Waals surface area contributed by atoms with Crippen LogP contribution in [0.4, 0.5) is 5.69 Å². The Kier molecular flexibility index (Phi) is 4.86. The molecule has 26 heavy (non-hydrogen) atoms. The van der Waals surface area contributed by atoms with E-state index in [1.54, 1.807) is 25.3 Å². The molecule has 3 aromatic rings. The summed E-state index contributed by atoms with van der Waals surface area (Å²) < 4.78 is 32.5. The maximum atomic E-state index is 11.8. The number of sulfonamides is 1. The molecule has 0 heterocycles. The van der Waals surface area contributed by atoms with E-state index in [1.807, 2.05) is 31.2 Å². The third kappa shape index (κ3) is 3.50. The summed E-state index contributed by atoms with van der Waals surface area (Å²) in [5, 5.41) is 12.4. The van der Waals surface area contributed by atoms with E-state index in [-0.39, 0.29) is 5.75 Å². The second-order valence-corrected chi connectivity index (χ2v) is 8.68. The zero-order valence-electron chi connectivity index (χ0n) is 14.5. The molecule has 2 N–H and O–H groups in total. The number of phenols is 1. The van der Waals surface area contributed by atoms with Crippen molar-refractivity contribution in [2.75, 3.05) is 18.1 Å². The molecule has 0 bridgehead atoms. The molecule has 0 atom stereocenters. The molecule has 0 aliphatic carbocycles. The van der Waals surface area contributed by atoms with Crippen LogP contribution in [0.2, 0.25) is 0 Å². The summed E-state index contributed by atoms with van der Waals surface area (Å²) in [5.41, 5.74) is 2.24. The lowest BCUT2D eigenvalue weighted by Crippen LogP contribution is -2.11. The number of aromatic hydroxyl groups is 1. The maximum absolute atomic E-state index is 11.8. The number of halogens is 1. The van der Waals surface area contributed by atoms with E-state index in [1.165, 1.54) is 0 Å². The first-order valence-electron chi connectivity index (χ1n) is 7.78. The van der Waals surface area contributed by atoms with Gasteiger partial charge in [-0.2, -0.15) is 0 Å². The van der Waals surface area contributed by atoms with Gasteiger partial charge in [-0.25, -0.2) is 8.42 Å². The highest BCUT2D eigenvalue weighted by molar-refractivity contribution is 9.10. The molecule has 3 rings (SSSR count). The summed E-state index contributed by atoms with van der Waals surface area (Å²) in [6, 6.07) is 12.5. The second kappa shape index (κ2) is 6.81. The standard InChI is InChI=1S/C19H18BrNO4S/c1-11-17(25-2)9-7-15(21-26(3,23)24)18(11)19-14-10-13(20)6-4-12(14)5-8-16(19)22/h4-10,21-22H,1-3H3. The molecule has 7 heteroatoms. The van der Waals surface area contributed by atoms with Crippen LogP contribution in [0.3, 0.4) is 0 Å². The van der Waals surface area contributed by atoms with Crippen LogP contribution in [0.1, 0.15) is 5.56 Å². The second-order valence-electron chi connectivity index (χ2n) is 6.01. The smallest absolute Gasteiger partial charge is 0.229 e. The maximum Gasteiger partial charge on any atom is 0.229 e. The molecule has 0 aliphatic rings. The molecule has 0 radical (unpaired) electrons. The van der Waals surface area contributed by atoms with Gasteiger partial charge in [0.25, 0.3) is 0 Å². The SMILES string of the molecule is COc1ccc(NS(C)(=O)=O)c(-c2c(O)ccc3ccc(Br)cc23)c1C. The van der Waals surface area contributed by atoms with Gasteiger partial charge in [0.05, 0.1) is 19.1 Å². The lowest BCUT2D eigenvalue weighted by molar-refractivity contribution is 0.412. The molecule has 0 aromatic heterocycles. The van der Waals surface area contributed by atoms with E-state index in [2.05, 4.69) is 20.7 Å². The van der Waals surface area contributed by atoms with Crippen molar-refractivity contribution in [1.29, 1.82) is 0 Å². The number of phenolic OH excluding ortho intramolecular Hbond substituents is 1. The van der Waals surface area contributed by atoms with E-state index < -0.39 is 10.0 Å². The fraction of sp³-hybridized carbons (Fsp3) is 0.158. The average molecular weight is 436 g/mol. The predicted molar refractivity (Wildman–Crippen MR) is 109 cm³/mol. The van der Waals surface area contributed by atoms with E-state index in [0.717, 1.165) is 27.1 Å². The van der Waals surface area contributed by atoms with E-state index in [9.17, 15) is 13.5 Å². The highest BCUT2D eigenvalue weighted by Gasteiger charge is 2.20. The topological polar surface area (TPSA) is 75.6 Å². The largest absolute Gasteiger partial charge is 0.507 e. The Bertz CT molecular complexity index is 1100. The van der Waals surface area contributed by atoms with Crippen molar-refractivity contribution in [2.45, 2.75) is 6.92 Å². The van der Waals surface area contributed by atoms with Gasteiger partial charge in [-0.3, -0.25) is 4.72 Å². The molecule has 3 aromatic carbocycles. The van der Waals surface area contributed by atoms with Gasteiger partial charge in [-0.1, -0.05) is 28.1 Å². The molecule has 0 spiro atoms. The van der Waals surface area contributed by atoms with E-state index in [0.29, 0.717) is 22.6 Å². The molecule has 5 nitrogen and oxygen atoms in total. The Morgan fingerprint density at radius 1 is 1.08 bits per heavy atom. The molecule has 0 fully saturated rings. The number of nitrogens with one attached hydrogen (secondary N) is 1. The van der Waals surface area contributed by atoms with Gasteiger partial charge in [0.15, 0.2) is 0 Å². The lowest BCUT2D eigenvalue weighted by Gasteiger charge is -2.19. The fourth-order valence-corrected chi connectivity index (χ4v) is 3.99. The summed E-state index contributed by atoms with van der Waals surface area (Å²) in [6.45, 7) is 1.83. The van der Waals surface area contributed by atoms with Gasteiger partial charge < -0.3 is 9.84 Å². The molecule has 0 amide bonds. The van der Waals surface area contributed by atoms with Crippen molar-refractivity contribution >= 4 is 42.4 Å². The molecule has 0 aliphatic heterocycles. The summed E-state index contributed by atoms with van der Waals surface area (Å²) in [6.07, 6.45) is 1.09. The monoisotopic (exact) mass is 435 g/mol. The average Bonchev–Trinajstić information content (AvgIpc) is 2.55. The van der Waals surface area contributed by atoms with E-state index in [4.69, 9.17) is 4.74 Å². The number of anilines is 1. The Morgan fingerprint density at radius 2 is 1.77 bits per heavy atom. The number of ether oxygens (including phenoxy) is 1. The molecular formula is C19H18BrNO4S. The van der Waals surface area contributed by atoms with Crippen molar-refractivity contribution < 1.29 is 18.3 Å². The number of hydrogen-bond acceptors (Lipinski definition) is 4. The number of benzene rings is 3. The van der Waals surface area contributed by atoms with Gasteiger partial charge in [0.2, 0.25) is 10.0 Å². The summed E-state index contributed by atoms with van der Waals surface area (Å²) in [5.74, 6) is 0.661. The quantitative estimate of drug-likeness (QED) is 0.624. The van der Waals surface area contributed by atoms with Crippen LogP contribution in [0.15, 0.2) is 46.9 Å². The minimum Gasteiger partial charge on any atom is -0.507 e. The highest BCUT2D eigenvalue weighted by atomic mass is 79.9. The lowest BCUT2D eigenvalue weighted by atomic mass is 9.92. The van der Waals surface area contributed by atoms with Crippen LogP contribution >= 0.6 is 15.9 Å². The fourth-order valence-electron chi connectivity index (χ4n) is 3.06. The minimum atomic E-state index is -3.50. The zero-order valence-corrected chi connectivity index (χ0v) is 16.9. The van der Waals surface area contributed by atoms with Crippen LogP contribution in [0, 0.1) is 6.92 Å². The Morgan fingerprint density at radius 3 is 2.42 bits per heavy atom. The van der Waals surface area contributed by atoms with Crippen molar-refractivity contribution in [3.63, 3.8) is 0 Å². The van der Waals surface area contributed by atoms with Gasteiger partial charge >= 0.3 is 0 Å². The Hall–Kier alpha value is -2.25. The molecular weight excluding hydrogens is 418 g/mol. The normalized spacial score (nSPS) is 11.5. The van der Waals surface area contributed by atoms with Crippen LogP contribution in [-0.4, -0.2) is 26.9 Å². The minimum absolute atomic E-state index is 0.0588. The van der Waals surface area contributed by atoms with Crippen molar-refractivity contribution in [3.8, 4) is 22.6 Å². The van der Waals surface area contributed by atoms with Crippen LogP contribution < -0.4 is 9.46 Å². The first-order chi connectivity index (χ1) is 12.2. The molecule has 0 saturated heterocycles. The number of rotatable bonds is 4. The third-order valence-electron chi connectivity index (χ3n) is 4.14. The van der Waals surface area contributed by atoms with Crippen molar-refractivity contribution in [3.05, 3.63) is 52.5 Å². The highest BCUT2D eigenvalue weighted by Crippen LogP contribution is 2.45. The van der Waals surface area contributed by atoms with E-state index >= 15 is 0 Å². The first kappa shape index (κ1) is 18.5. The molecule has 0 saturated carbocycles. The predicted octanol–water partition coefficient (Wildman–Crippen LogP) is 4.66. The summed E-state index contributed by atoms with van der Waals surface area (Å²) >= 11 is 3.46. The van der Waals surface area contributed by atoms with Crippen LogP contribution in [0.5, 0.6) is 11.5 Å². The number of fused-ring (bicyclic) bond motifs is 1. The third-order valence-corrected chi connectivity index (χ3v) is 5.23. The number of hydrogen-bond donors (Lipinski definition) is 2. The Labute approximate surface area is 160 Å². The van der Waals surface area contributed by atoms with Gasteiger partial charge in [0.1, 0.15) is 11.5 Å². The Balaban J connectivity index is 2.44. The number of methoxy groups -OCH3 is 1. The van der Waals surface area contributed by atoms with Gasteiger partial charge in [-0.15, -0.1) is 0 Å². The summed E-state index contributed by atoms with van der Waals surface area (Å²) in [4.78, 5) is 0. The van der Waals surface area contributed by atoms with Crippen LogP contribution in [-0.2, 0) is 10.0 Å². The molecule has 136 valence electrons. The van der Waals surface area contributed by atoms with Crippen LogP contribution in [0.25, 0.3) is 21.9 Å². The zero-order chi connectivity index (χ0) is 19.1. The summed E-state index contributed by atoms with van der Waals surface area (Å²) in [7, 11) is -1.95. The van der Waals surface area contributed by atoms with Gasteiger partial charge in [-0.05, 0) is 48.0 Å².